The molecule has 3 rings (SSSR count). The number of anilines is 1. The van der Waals surface area contributed by atoms with Gasteiger partial charge in [0.05, 0.1) is 19.7 Å². The summed E-state index contributed by atoms with van der Waals surface area (Å²) in [7, 11) is 1.60. The van der Waals surface area contributed by atoms with Crippen LogP contribution in [0.2, 0.25) is 0 Å². The molecule has 1 unspecified atom stereocenters. The maximum Gasteiger partial charge on any atom is 0.315 e. The van der Waals surface area contributed by atoms with Gasteiger partial charge in [0.15, 0.2) is 0 Å². The minimum absolute atomic E-state index is 0.230. The lowest BCUT2D eigenvalue weighted by atomic mass is 10.1. The molecule has 152 valence electrons. The minimum Gasteiger partial charge on any atom is -0.497 e. The Balaban J connectivity index is 1.56. The van der Waals surface area contributed by atoms with Crippen LogP contribution in [0, 0.1) is 12.7 Å². The molecule has 2 aromatic carbocycles. The van der Waals surface area contributed by atoms with Crippen molar-refractivity contribution >= 4 is 28.6 Å². The molecule has 3 N–H and O–H groups in total. The number of rotatable bonds is 6. The van der Waals surface area contributed by atoms with Crippen molar-refractivity contribution in [3.05, 3.63) is 59.6 Å². The van der Waals surface area contributed by atoms with Crippen molar-refractivity contribution in [2.75, 3.05) is 19.0 Å². The van der Waals surface area contributed by atoms with Gasteiger partial charge in [-0.25, -0.2) is 9.18 Å². The van der Waals surface area contributed by atoms with Gasteiger partial charge in [0, 0.05) is 16.6 Å². The van der Waals surface area contributed by atoms with Crippen LogP contribution in [0.5, 0.6) is 5.75 Å². The Kier molecular flexibility index (Phi) is 6.01. The second-order valence-electron chi connectivity index (χ2n) is 6.56. The van der Waals surface area contributed by atoms with Gasteiger partial charge in [-0.15, -0.1) is 0 Å². The molecule has 0 spiro atoms. The Labute approximate surface area is 167 Å². The van der Waals surface area contributed by atoms with Crippen LogP contribution in [0.25, 0.3) is 11.0 Å². The van der Waals surface area contributed by atoms with Crippen molar-refractivity contribution in [1.29, 1.82) is 0 Å². The molecule has 1 atom stereocenters. The van der Waals surface area contributed by atoms with Crippen LogP contribution < -0.4 is 20.7 Å². The molecule has 8 heteroatoms. The molecule has 0 aliphatic carbocycles. The van der Waals surface area contributed by atoms with E-state index in [4.69, 9.17) is 9.15 Å². The van der Waals surface area contributed by atoms with E-state index in [1.165, 1.54) is 24.3 Å². The summed E-state index contributed by atoms with van der Waals surface area (Å²) in [4.78, 5) is 24.1. The molecule has 1 aromatic heterocycles. The first-order valence-corrected chi connectivity index (χ1v) is 9.04. The van der Waals surface area contributed by atoms with Crippen molar-refractivity contribution in [1.82, 2.24) is 10.6 Å². The van der Waals surface area contributed by atoms with Crippen LogP contribution in [0.15, 0.2) is 46.9 Å². The van der Waals surface area contributed by atoms with Gasteiger partial charge in [-0.1, -0.05) is 0 Å². The molecule has 0 aliphatic rings. The van der Waals surface area contributed by atoms with Crippen molar-refractivity contribution < 1.29 is 23.1 Å². The van der Waals surface area contributed by atoms with Gasteiger partial charge in [-0.05, 0) is 56.3 Å². The lowest BCUT2D eigenvalue weighted by molar-refractivity contribution is -0.115. The van der Waals surface area contributed by atoms with Gasteiger partial charge < -0.3 is 25.1 Å². The van der Waals surface area contributed by atoms with E-state index in [2.05, 4.69) is 16.0 Å². The fourth-order valence-corrected chi connectivity index (χ4v) is 2.97. The maximum atomic E-state index is 12.9. The molecule has 1 heterocycles. The largest absolute Gasteiger partial charge is 0.497 e. The highest BCUT2D eigenvalue weighted by Gasteiger charge is 2.19. The van der Waals surface area contributed by atoms with Gasteiger partial charge in [0.2, 0.25) is 5.91 Å². The normalized spacial score (nSPS) is 11.7. The number of furan rings is 1. The zero-order chi connectivity index (χ0) is 21.0. The van der Waals surface area contributed by atoms with E-state index in [0.29, 0.717) is 17.0 Å². The first-order valence-electron chi connectivity index (χ1n) is 9.04. The SMILES string of the molecule is COc1ccc2oc(C(C)NC(=O)NCC(=O)Nc3ccc(F)cc3)c(C)c2c1. The predicted molar refractivity (Wildman–Crippen MR) is 107 cm³/mol. The second kappa shape index (κ2) is 8.64. The summed E-state index contributed by atoms with van der Waals surface area (Å²) in [6.07, 6.45) is 0. The number of urea groups is 1. The monoisotopic (exact) mass is 399 g/mol. The summed E-state index contributed by atoms with van der Waals surface area (Å²) in [5, 5.41) is 8.72. The van der Waals surface area contributed by atoms with Gasteiger partial charge in [-0.2, -0.15) is 0 Å². The van der Waals surface area contributed by atoms with E-state index in [-0.39, 0.29) is 6.54 Å². The number of carbonyl (C=O) groups is 2. The summed E-state index contributed by atoms with van der Waals surface area (Å²) in [5.41, 5.74) is 2.05. The van der Waals surface area contributed by atoms with Crippen LogP contribution in [0.1, 0.15) is 24.3 Å². The average molecular weight is 399 g/mol. The van der Waals surface area contributed by atoms with Crippen molar-refractivity contribution in [2.45, 2.75) is 19.9 Å². The van der Waals surface area contributed by atoms with Crippen molar-refractivity contribution in [3.63, 3.8) is 0 Å². The van der Waals surface area contributed by atoms with Crippen LogP contribution >= 0.6 is 0 Å². The maximum absolute atomic E-state index is 12.9. The van der Waals surface area contributed by atoms with Crippen LogP contribution in [0.4, 0.5) is 14.9 Å². The number of methoxy groups -OCH3 is 1. The summed E-state index contributed by atoms with van der Waals surface area (Å²) in [6, 6.07) is 9.94. The Morgan fingerprint density at radius 2 is 1.90 bits per heavy atom. The number of ether oxygens (including phenoxy) is 1. The number of aryl methyl sites for hydroxylation is 1. The third kappa shape index (κ3) is 4.84. The van der Waals surface area contributed by atoms with Gasteiger partial charge in [0.25, 0.3) is 0 Å². The Bertz CT molecular complexity index is 1030. The van der Waals surface area contributed by atoms with Crippen LogP contribution in [0.3, 0.4) is 0 Å². The summed E-state index contributed by atoms with van der Waals surface area (Å²) in [5.74, 6) is 0.526. The van der Waals surface area contributed by atoms with Gasteiger partial charge >= 0.3 is 6.03 Å². The number of halogens is 1. The minimum atomic E-state index is -0.510. The number of fused-ring (bicyclic) bond motifs is 1. The molecule has 0 fully saturated rings. The molecule has 3 aromatic rings. The van der Waals surface area contributed by atoms with Crippen LogP contribution in [-0.4, -0.2) is 25.6 Å². The standard InChI is InChI=1S/C21H22FN3O4/c1-12-17-10-16(28-3)8-9-18(17)29-20(12)13(2)24-21(27)23-11-19(26)25-15-6-4-14(22)5-7-15/h4-10,13H,11H2,1-3H3,(H,25,26)(H2,23,24,27). The summed E-state index contributed by atoms with van der Waals surface area (Å²) >= 11 is 0. The highest BCUT2D eigenvalue weighted by atomic mass is 19.1. The quantitative estimate of drug-likeness (QED) is 0.586. The molecule has 29 heavy (non-hydrogen) atoms. The number of carbonyl (C=O) groups excluding carboxylic acids is 2. The van der Waals surface area contributed by atoms with E-state index in [9.17, 15) is 14.0 Å². The molecular formula is C21H22FN3O4. The third-order valence-electron chi connectivity index (χ3n) is 4.46. The number of hydrogen-bond donors (Lipinski definition) is 3. The number of hydrogen-bond acceptors (Lipinski definition) is 4. The van der Waals surface area contributed by atoms with E-state index < -0.39 is 23.8 Å². The van der Waals surface area contributed by atoms with Crippen molar-refractivity contribution in [3.8, 4) is 5.75 Å². The smallest absolute Gasteiger partial charge is 0.315 e. The molecule has 3 amide bonds. The number of nitrogens with one attached hydrogen (secondary N) is 3. The number of amides is 3. The van der Waals surface area contributed by atoms with E-state index in [1.807, 2.05) is 19.1 Å². The fraction of sp³-hybridized carbons (Fsp3) is 0.238. The highest BCUT2D eigenvalue weighted by Crippen LogP contribution is 2.31. The molecule has 0 saturated carbocycles. The van der Waals surface area contributed by atoms with E-state index in [0.717, 1.165) is 16.7 Å². The summed E-state index contributed by atoms with van der Waals surface area (Å²) < 4.78 is 24.0. The number of benzene rings is 2. The zero-order valence-corrected chi connectivity index (χ0v) is 16.3. The third-order valence-corrected chi connectivity index (χ3v) is 4.46. The summed E-state index contributed by atoms with van der Waals surface area (Å²) in [6.45, 7) is 3.47. The first kappa shape index (κ1) is 20.2. The highest BCUT2D eigenvalue weighted by molar-refractivity contribution is 5.94. The topological polar surface area (TPSA) is 92.6 Å². The van der Waals surface area contributed by atoms with Crippen molar-refractivity contribution in [2.24, 2.45) is 0 Å². The Morgan fingerprint density at radius 3 is 2.59 bits per heavy atom. The van der Waals surface area contributed by atoms with Gasteiger partial charge in [-0.3, -0.25) is 4.79 Å². The second-order valence-corrected chi connectivity index (χ2v) is 6.56. The fourth-order valence-electron chi connectivity index (χ4n) is 2.97. The molecule has 0 saturated heterocycles. The molecular weight excluding hydrogens is 377 g/mol. The Hall–Kier alpha value is -3.55. The molecule has 0 bridgehead atoms. The van der Waals surface area contributed by atoms with Crippen LogP contribution in [-0.2, 0) is 4.79 Å². The van der Waals surface area contributed by atoms with E-state index in [1.54, 1.807) is 20.1 Å². The lowest BCUT2D eigenvalue weighted by Crippen LogP contribution is -2.41. The molecule has 0 radical (unpaired) electrons. The molecule has 7 nitrogen and oxygen atoms in total. The lowest BCUT2D eigenvalue weighted by Gasteiger charge is -2.13. The Morgan fingerprint density at radius 1 is 1.17 bits per heavy atom. The average Bonchev–Trinajstić information content (AvgIpc) is 3.04. The first-order chi connectivity index (χ1) is 13.9. The molecule has 0 aliphatic heterocycles. The zero-order valence-electron chi connectivity index (χ0n) is 16.3. The predicted octanol–water partition coefficient (Wildman–Crippen LogP) is 3.89. The van der Waals surface area contributed by atoms with Gasteiger partial charge in [0.1, 0.15) is 22.9 Å². The van der Waals surface area contributed by atoms with E-state index >= 15 is 0 Å².